The maximum absolute atomic E-state index is 12.8. The lowest BCUT2D eigenvalue weighted by molar-refractivity contribution is 0.0951. The van der Waals surface area contributed by atoms with Crippen LogP contribution in [-0.2, 0) is 6.54 Å². The molecule has 32 heavy (non-hydrogen) atoms. The molecule has 2 heterocycles. The second-order valence-corrected chi connectivity index (χ2v) is 9.29. The van der Waals surface area contributed by atoms with Crippen molar-refractivity contribution in [3.63, 3.8) is 0 Å². The van der Waals surface area contributed by atoms with E-state index in [4.69, 9.17) is 4.99 Å². The number of benzene rings is 3. The third-order valence-corrected chi connectivity index (χ3v) is 6.75. The molecule has 5 rings (SSSR count). The minimum atomic E-state index is -0.129. The molecule has 0 radical (unpaired) electrons. The molecule has 0 saturated heterocycles. The molecule has 0 aliphatic carbocycles. The molecular weight excluding hydrogens is 482 g/mol. The molecule has 1 amide bonds. The van der Waals surface area contributed by atoms with E-state index in [1.807, 2.05) is 54.6 Å². The first-order valence-corrected chi connectivity index (χ1v) is 11.7. The van der Waals surface area contributed by atoms with Crippen LogP contribution in [0.3, 0.4) is 0 Å². The Kier molecular flexibility index (Phi) is 5.88. The van der Waals surface area contributed by atoms with Crippen molar-refractivity contribution >= 4 is 45.0 Å². The highest BCUT2D eigenvalue weighted by molar-refractivity contribution is 9.10. The van der Waals surface area contributed by atoms with E-state index in [-0.39, 0.29) is 5.91 Å². The first-order valence-electron chi connectivity index (χ1n) is 10.1. The number of pyridine rings is 1. The zero-order valence-electron chi connectivity index (χ0n) is 17.0. The number of carbonyl (C=O) groups is 1. The molecule has 6 heteroatoms. The number of nitrogens with zero attached hydrogens (tertiary/aromatic N) is 2. The van der Waals surface area contributed by atoms with Crippen molar-refractivity contribution in [2.24, 2.45) is 4.99 Å². The maximum atomic E-state index is 12.8. The highest BCUT2D eigenvalue weighted by Gasteiger charge is 2.20. The summed E-state index contributed by atoms with van der Waals surface area (Å²) in [4.78, 5) is 24.0. The van der Waals surface area contributed by atoms with E-state index in [2.05, 4.69) is 50.5 Å². The Balaban J connectivity index is 1.52. The van der Waals surface area contributed by atoms with Crippen LogP contribution in [0.5, 0.6) is 0 Å². The van der Waals surface area contributed by atoms with Gasteiger partial charge in [-0.2, -0.15) is 0 Å². The Morgan fingerprint density at radius 2 is 1.75 bits per heavy atom. The summed E-state index contributed by atoms with van der Waals surface area (Å²) in [5, 5.41) is 2.98. The topological polar surface area (TPSA) is 54.4 Å². The van der Waals surface area contributed by atoms with Crippen molar-refractivity contribution in [3.8, 4) is 0 Å². The van der Waals surface area contributed by atoms with E-state index in [1.165, 1.54) is 0 Å². The number of carbonyl (C=O) groups excluding carboxylic acids is 1. The minimum Gasteiger partial charge on any atom is -0.348 e. The third kappa shape index (κ3) is 4.38. The van der Waals surface area contributed by atoms with Crippen LogP contribution in [-0.4, -0.2) is 16.6 Å². The number of nitrogens with one attached hydrogen (secondary N) is 1. The fraction of sp³-hybridized carbons (Fsp3) is 0.0385. The molecule has 0 spiro atoms. The van der Waals surface area contributed by atoms with Crippen LogP contribution in [0, 0.1) is 0 Å². The van der Waals surface area contributed by atoms with Crippen LogP contribution in [0.1, 0.15) is 27.0 Å². The van der Waals surface area contributed by atoms with Gasteiger partial charge in [-0.3, -0.25) is 9.78 Å². The second-order valence-electron chi connectivity index (χ2n) is 7.29. The van der Waals surface area contributed by atoms with E-state index in [0.717, 1.165) is 42.4 Å². The fourth-order valence-electron chi connectivity index (χ4n) is 3.52. The number of hydrogen-bond donors (Lipinski definition) is 1. The summed E-state index contributed by atoms with van der Waals surface area (Å²) in [7, 11) is 0. The van der Waals surface area contributed by atoms with Gasteiger partial charge in [0, 0.05) is 49.9 Å². The maximum Gasteiger partial charge on any atom is 0.251 e. The van der Waals surface area contributed by atoms with Gasteiger partial charge in [0.1, 0.15) is 0 Å². The molecule has 156 valence electrons. The van der Waals surface area contributed by atoms with Gasteiger partial charge in [-0.1, -0.05) is 58.0 Å². The monoisotopic (exact) mass is 499 g/mol. The Hall–Kier alpha value is -3.22. The van der Waals surface area contributed by atoms with Crippen LogP contribution in [0.4, 0.5) is 5.69 Å². The number of aromatic nitrogens is 1. The first-order chi connectivity index (χ1) is 15.7. The van der Waals surface area contributed by atoms with Crippen molar-refractivity contribution < 1.29 is 4.79 Å². The van der Waals surface area contributed by atoms with E-state index in [1.54, 1.807) is 24.2 Å². The number of halogens is 1. The van der Waals surface area contributed by atoms with Crippen LogP contribution >= 0.6 is 27.7 Å². The Morgan fingerprint density at radius 1 is 0.906 bits per heavy atom. The zero-order chi connectivity index (χ0) is 21.9. The molecule has 0 fully saturated rings. The lowest BCUT2D eigenvalue weighted by Gasteiger charge is -2.09. The van der Waals surface area contributed by atoms with Gasteiger partial charge in [-0.25, -0.2) is 4.99 Å². The molecular formula is C26H18BrN3OS. The summed E-state index contributed by atoms with van der Waals surface area (Å²) in [6.45, 7) is 0.450. The van der Waals surface area contributed by atoms with Crippen molar-refractivity contribution in [1.82, 2.24) is 10.3 Å². The third-order valence-electron chi connectivity index (χ3n) is 5.12. The molecule has 3 aromatic carbocycles. The summed E-state index contributed by atoms with van der Waals surface area (Å²) >= 11 is 5.24. The number of hydrogen-bond acceptors (Lipinski definition) is 4. The fourth-order valence-corrected chi connectivity index (χ4v) is 4.93. The van der Waals surface area contributed by atoms with E-state index in [9.17, 15) is 4.79 Å². The summed E-state index contributed by atoms with van der Waals surface area (Å²) in [5.74, 6) is -0.129. The summed E-state index contributed by atoms with van der Waals surface area (Å²) in [6.07, 6.45) is 3.44. The summed E-state index contributed by atoms with van der Waals surface area (Å²) < 4.78 is 0.997. The largest absolute Gasteiger partial charge is 0.348 e. The quantitative estimate of drug-likeness (QED) is 0.310. The standard InChI is InChI=1S/C26H18BrN3OS/c27-20-5-3-4-18(14-20)25-21-6-1-2-7-23(21)32-24-9-8-19(15-22(24)30-25)26(31)29-16-17-10-12-28-13-11-17/h1-15H,16H2,(H,29,31). The number of rotatable bonds is 4. The number of aliphatic imine (C=N–C) groups is 1. The molecule has 4 nitrogen and oxygen atoms in total. The predicted molar refractivity (Wildman–Crippen MR) is 132 cm³/mol. The number of fused-ring (bicyclic) bond motifs is 2. The Morgan fingerprint density at radius 3 is 2.59 bits per heavy atom. The van der Waals surface area contributed by atoms with Crippen molar-refractivity contribution in [2.45, 2.75) is 16.3 Å². The van der Waals surface area contributed by atoms with Crippen LogP contribution in [0.25, 0.3) is 0 Å². The van der Waals surface area contributed by atoms with Crippen LogP contribution < -0.4 is 5.32 Å². The molecule has 0 atom stereocenters. The highest BCUT2D eigenvalue weighted by Crippen LogP contribution is 2.41. The van der Waals surface area contributed by atoms with Crippen molar-refractivity contribution in [2.75, 3.05) is 0 Å². The number of amides is 1. The summed E-state index contributed by atoms with van der Waals surface area (Å²) in [5.41, 5.74) is 5.37. The van der Waals surface area contributed by atoms with E-state index < -0.39 is 0 Å². The zero-order valence-corrected chi connectivity index (χ0v) is 19.4. The Bertz CT molecular complexity index is 1340. The van der Waals surface area contributed by atoms with Gasteiger partial charge in [0.25, 0.3) is 5.91 Å². The SMILES string of the molecule is O=C(NCc1ccncc1)c1ccc2c(c1)N=C(c1cccc(Br)c1)c1ccccc1S2. The van der Waals surface area contributed by atoms with Crippen LogP contribution in [0.2, 0.25) is 0 Å². The highest BCUT2D eigenvalue weighted by atomic mass is 79.9. The molecule has 1 N–H and O–H groups in total. The molecule has 0 bridgehead atoms. The van der Waals surface area contributed by atoms with Crippen LogP contribution in [0.15, 0.2) is 111 Å². The lowest BCUT2D eigenvalue weighted by Crippen LogP contribution is -2.22. The summed E-state index contributed by atoms with van der Waals surface area (Å²) in [6, 6.07) is 25.9. The smallest absolute Gasteiger partial charge is 0.251 e. The van der Waals surface area contributed by atoms with Gasteiger partial charge >= 0.3 is 0 Å². The molecule has 0 unspecified atom stereocenters. The molecule has 0 saturated carbocycles. The van der Waals surface area contributed by atoms with Gasteiger partial charge < -0.3 is 5.32 Å². The lowest BCUT2D eigenvalue weighted by atomic mass is 10.0. The normalized spacial score (nSPS) is 12.2. The average Bonchev–Trinajstić information content (AvgIpc) is 2.99. The van der Waals surface area contributed by atoms with Crippen molar-refractivity contribution in [1.29, 1.82) is 0 Å². The molecule has 1 aliphatic heterocycles. The predicted octanol–water partition coefficient (Wildman–Crippen LogP) is 6.41. The molecule has 1 aliphatic rings. The first kappa shape index (κ1) is 20.7. The van der Waals surface area contributed by atoms with Gasteiger partial charge in [0.2, 0.25) is 0 Å². The molecule has 1 aromatic heterocycles. The molecule has 4 aromatic rings. The second kappa shape index (κ2) is 9.10. The average molecular weight is 500 g/mol. The Labute approximate surface area is 199 Å². The van der Waals surface area contributed by atoms with E-state index in [0.29, 0.717) is 12.1 Å². The van der Waals surface area contributed by atoms with Gasteiger partial charge in [-0.15, -0.1) is 0 Å². The minimum absolute atomic E-state index is 0.129. The van der Waals surface area contributed by atoms with Gasteiger partial charge in [0.15, 0.2) is 0 Å². The van der Waals surface area contributed by atoms with Crippen molar-refractivity contribution in [3.05, 3.63) is 118 Å². The van der Waals surface area contributed by atoms with Gasteiger partial charge in [0.05, 0.1) is 11.4 Å². The van der Waals surface area contributed by atoms with E-state index >= 15 is 0 Å². The van der Waals surface area contributed by atoms with Gasteiger partial charge in [-0.05, 0) is 54.1 Å².